The topological polar surface area (TPSA) is 69.2 Å². The van der Waals surface area contributed by atoms with Crippen LogP contribution in [0.4, 0.5) is 5.69 Å². The number of hydrogen-bond donors (Lipinski definition) is 1. The molecule has 2 N–H and O–H groups in total. The van der Waals surface area contributed by atoms with E-state index in [1.165, 1.54) is 23.3 Å². The van der Waals surface area contributed by atoms with Crippen LogP contribution in [-0.2, 0) is 0 Å². The SMILES string of the molecule is Cc1ccc(C)c(C(N)CSc2ccc([N+](=O)[O-])cc2)c1. The van der Waals surface area contributed by atoms with Crippen LogP contribution in [0.5, 0.6) is 0 Å². The molecule has 0 saturated carbocycles. The molecule has 21 heavy (non-hydrogen) atoms. The number of aryl methyl sites for hydroxylation is 2. The van der Waals surface area contributed by atoms with Crippen molar-refractivity contribution < 1.29 is 4.92 Å². The molecule has 110 valence electrons. The summed E-state index contributed by atoms with van der Waals surface area (Å²) in [5, 5.41) is 10.6. The van der Waals surface area contributed by atoms with Crippen molar-refractivity contribution in [3.63, 3.8) is 0 Å². The monoisotopic (exact) mass is 302 g/mol. The van der Waals surface area contributed by atoms with Gasteiger partial charge in [0.1, 0.15) is 0 Å². The van der Waals surface area contributed by atoms with E-state index in [1.807, 2.05) is 0 Å². The van der Waals surface area contributed by atoms with E-state index in [-0.39, 0.29) is 11.7 Å². The molecule has 0 amide bonds. The molecule has 5 heteroatoms. The average molecular weight is 302 g/mol. The van der Waals surface area contributed by atoms with Crippen LogP contribution in [0.1, 0.15) is 22.7 Å². The number of nitro benzene ring substituents is 1. The first-order valence-corrected chi connectivity index (χ1v) is 7.66. The summed E-state index contributed by atoms with van der Waals surface area (Å²) in [6.45, 7) is 4.12. The Labute approximate surface area is 128 Å². The Morgan fingerprint density at radius 1 is 1.19 bits per heavy atom. The molecule has 2 aromatic rings. The van der Waals surface area contributed by atoms with Crippen LogP contribution in [0.2, 0.25) is 0 Å². The van der Waals surface area contributed by atoms with Crippen LogP contribution in [0.15, 0.2) is 47.4 Å². The standard InChI is InChI=1S/C16H18N2O2S/c1-11-3-4-12(2)15(9-11)16(17)10-21-14-7-5-13(6-8-14)18(19)20/h3-9,16H,10,17H2,1-2H3. The molecule has 2 rings (SSSR count). The van der Waals surface area contributed by atoms with Crippen LogP contribution < -0.4 is 5.73 Å². The highest BCUT2D eigenvalue weighted by atomic mass is 32.2. The number of rotatable bonds is 5. The number of hydrogen-bond acceptors (Lipinski definition) is 4. The normalized spacial score (nSPS) is 12.1. The second-order valence-corrected chi connectivity index (χ2v) is 6.12. The van der Waals surface area contributed by atoms with E-state index in [2.05, 4.69) is 32.0 Å². The molecule has 0 heterocycles. The van der Waals surface area contributed by atoms with Crippen LogP contribution in [0, 0.1) is 24.0 Å². The Morgan fingerprint density at radius 3 is 2.48 bits per heavy atom. The van der Waals surface area contributed by atoms with Gasteiger partial charge in [0.05, 0.1) is 4.92 Å². The maximum absolute atomic E-state index is 10.6. The van der Waals surface area contributed by atoms with Crippen molar-refractivity contribution >= 4 is 17.4 Å². The van der Waals surface area contributed by atoms with Crippen LogP contribution in [-0.4, -0.2) is 10.7 Å². The highest BCUT2D eigenvalue weighted by Gasteiger charge is 2.11. The molecule has 0 spiro atoms. The zero-order valence-electron chi connectivity index (χ0n) is 12.1. The van der Waals surface area contributed by atoms with E-state index in [9.17, 15) is 10.1 Å². The molecule has 0 aromatic heterocycles. The maximum Gasteiger partial charge on any atom is 0.269 e. The van der Waals surface area contributed by atoms with Gasteiger partial charge >= 0.3 is 0 Å². The third-order valence-electron chi connectivity index (χ3n) is 3.31. The number of benzene rings is 2. The van der Waals surface area contributed by atoms with Crippen molar-refractivity contribution in [2.75, 3.05) is 5.75 Å². The van der Waals surface area contributed by atoms with Crippen molar-refractivity contribution in [1.82, 2.24) is 0 Å². The van der Waals surface area contributed by atoms with Gasteiger partial charge in [-0.15, -0.1) is 11.8 Å². The van der Waals surface area contributed by atoms with Gasteiger partial charge in [-0.2, -0.15) is 0 Å². The first-order chi connectivity index (χ1) is 9.97. The molecule has 0 aliphatic carbocycles. The zero-order chi connectivity index (χ0) is 15.4. The van der Waals surface area contributed by atoms with Crippen molar-refractivity contribution in [2.24, 2.45) is 5.73 Å². The van der Waals surface area contributed by atoms with E-state index in [0.29, 0.717) is 0 Å². The minimum absolute atomic E-state index is 0.0508. The fourth-order valence-corrected chi connectivity index (χ4v) is 2.98. The van der Waals surface area contributed by atoms with E-state index in [1.54, 1.807) is 23.9 Å². The third-order valence-corrected chi connectivity index (χ3v) is 4.44. The molecule has 4 nitrogen and oxygen atoms in total. The lowest BCUT2D eigenvalue weighted by molar-refractivity contribution is -0.384. The van der Waals surface area contributed by atoms with Gasteiger partial charge in [-0.3, -0.25) is 10.1 Å². The van der Waals surface area contributed by atoms with E-state index >= 15 is 0 Å². The molecule has 2 aromatic carbocycles. The summed E-state index contributed by atoms with van der Waals surface area (Å²) in [4.78, 5) is 11.2. The van der Waals surface area contributed by atoms with E-state index in [0.717, 1.165) is 16.2 Å². The summed E-state index contributed by atoms with van der Waals surface area (Å²) < 4.78 is 0. The minimum Gasteiger partial charge on any atom is -0.323 e. The Hall–Kier alpha value is -1.85. The molecule has 0 bridgehead atoms. The van der Waals surface area contributed by atoms with Crippen molar-refractivity contribution in [1.29, 1.82) is 0 Å². The van der Waals surface area contributed by atoms with Gasteiger partial charge in [0.25, 0.3) is 5.69 Å². The van der Waals surface area contributed by atoms with Crippen LogP contribution in [0.25, 0.3) is 0 Å². The van der Waals surface area contributed by atoms with E-state index in [4.69, 9.17) is 5.73 Å². The molecule has 1 atom stereocenters. The van der Waals surface area contributed by atoms with Gasteiger partial charge in [0.15, 0.2) is 0 Å². The highest BCUT2D eigenvalue weighted by molar-refractivity contribution is 7.99. The molecular formula is C16H18N2O2S. The number of thioether (sulfide) groups is 1. The first-order valence-electron chi connectivity index (χ1n) is 6.67. The van der Waals surface area contributed by atoms with Crippen LogP contribution >= 0.6 is 11.8 Å². The average Bonchev–Trinajstić information content (AvgIpc) is 2.47. The molecule has 0 saturated heterocycles. The van der Waals surface area contributed by atoms with Gasteiger partial charge in [-0.25, -0.2) is 0 Å². The quantitative estimate of drug-likeness (QED) is 0.515. The van der Waals surface area contributed by atoms with E-state index < -0.39 is 4.92 Å². The zero-order valence-corrected chi connectivity index (χ0v) is 12.9. The molecule has 1 unspecified atom stereocenters. The second kappa shape index (κ2) is 6.74. The fraction of sp³-hybridized carbons (Fsp3) is 0.250. The number of nitrogens with two attached hydrogens (primary N) is 1. The summed E-state index contributed by atoms with van der Waals surface area (Å²) in [5.74, 6) is 0.738. The van der Waals surface area contributed by atoms with Gasteiger partial charge in [-0.05, 0) is 37.1 Å². The molecule has 0 fully saturated rings. The third kappa shape index (κ3) is 4.06. The summed E-state index contributed by atoms with van der Waals surface area (Å²) in [6.07, 6.45) is 0. The van der Waals surface area contributed by atoms with Gasteiger partial charge in [0, 0.05) is 28.8 Å². The Kier molecular flexibility index (Phi) is 4.98. The minimum atomic E-state index is -0.393. The summed E-state index contributed by atoms with van der Waals surface area (Å²) in [5.41, 5.74) is 9.92. The van der Waals surface area contributed by atoms with Crippen molar-refractivity contribution in [3.05, 3.63) is 69.3 Å². The lowest BCUT2D eigenvalue weighted by Gasteiger charge is -2.15. The lowest BCUT2D eigenvalue weighted by atomic mass is 10.0. The van der Waals surface area contributed by atoms with Gasteiger partial charge in [0.2, 0.25) is 0 Å². The number of nitrogens with zero attached hydrogens (tertiary/aromatic N) is 1. The molecule has 0 aliphatic heterocycles. The Morgan fingerprint density at radius 2 is 1.86 bits per heavy atom. The van der Waals surface area contributed by atoms with Gasteiger partial charge < -0.3 is 5.73 Å². The fourth-order valence-electron chi connectivity index (χ4n) is 2.10. The largest absolute Gasteiger partial charge is 0.323 e. The predicted molar refractivity (Wildman–Crippen MR) is 86.7 cm³/mol. The predicted octanol–water partition coefficient (Wildman–Crippen LogP) is 4.00. The number of non-ortho nitro benzene ring substituents is 1. The van der Waals surface area contributed by atoms with Crippen molar-refractivity contribution in [2.45, 2.75) is 24.8 Å². The van der Waals surface area contributed by atoms with Crippen LogP contribution in [0.3, 0.4) is 0 Å². The summed E-state index contributed by atoms with van der Waals surface area (Å²) in [6, 6.07) is 12.8. The van der Waals surface area contributed by atoms with Crippen molar-refractivity contribution in [3.8, 4) is 0 Å². The lowest BCUT2D eigenvalue weighted by Crippen LogP contribution is -2.14. The summed E-state index contributed by atoms with van der Waals surface area (Å²) >= 11 is 1.61. The van der Waals surface area contributed by atoms with Gasteiger partial charge in [-0.1, -0.05) is 23.8 Å². The number of nitro groups is 1. The molecule has 0 aliphatic rings. The smallest absolute Gasteiger partial charge is 0.269 e. The molecule has 0 radical (unpaired) electrons. The Bertz CT molecular complexity index is 641. The maximum atomic E-state index is 10.6. The second-order valence-electron chi connectivity index (χ2n) is 5.03. The first kappa shape index (κ1) is 15.5. The Balaban J connectivity index is 2.02. The summed E-state index contributed by atoms with van der Waals surface area (Å²) in [7, 11) is 0. The highest BCUT2D eigenvalue weighted by Crippen LogP contribution is 2.27. The molecular weight excluding hydrogens is 284 g/mol.